The minimum atomic E-state index is 0.311. The van der Waals surface area contributed by atoms with Gasteiger partial charge in [0, 0.05) is 25.8 Å². The minimum absolute atomic E-state index is 0.311. The molecule has 19 heavy (non-hydrogen) atoms. The quantitative estimate of drug-likeness (QED) is 0.847. The number of rotatable bonds is 3. The van der Waals surface area contributed by atoms with Gasteiger partial charge in [-0.3, -0.25) is 0 Å². The Hall–Kier alpha value is -1.38. The minimum Gasteiger partial charge on any atom is -0.488 e. The van der Waals surface area contributed by atoms with Gasteiger partial charge < -0.3 is 15.4 Å². The average Bonchev–Trinajstić information content (AvgIpc) is 2.36. The molecule has 3 nitrogen and oxygen atoms in total. The summed E-state index contributed by atoms with van der Waals surface area (Å²) in [5, 5.41) is 0. The molecule has 1 aromatic carbocycles. The van der Waals surface area contributed by atoms with Crippen LogP contribution in [0.4, 0.5) is 11.4 Å². The van der Waals surface area contributed by atoms with E-state index in [4.69, 9.17) is 10.5 Å². The van der Waals surface area contributed by atoms with Crippen molar-refractivity contribution in [3.05, 3.63) is 18.2 Å². The first-order chi connectivity index (χ1) is 8.97. The first-order valence-electron chi connectivity index (χ1n) is 7.21. The number of hydrogen-bond donors (Lipinski definition) is 1. The lowest BCUT2D eigenvalue weighted by Crippen LogP contribution is -2.29. The van der Waals surface area contributed by atoms with Crippen molar-refractivity contribution in [1.29, 1.82) is 0 Å². The maximum absolute atomic E-state index is 6.14. The van der Waals surface area contributed by atoms with E-state index in [2.05, 4.69) is 18.7 Å². The molecule has 0 radical (unpaired) electrons. The molecule has 0 spiro atoms. The van der Waals surface area contributed by atoms with Crippen LogP contribution in [-0.2, 0) is 0 Å². The van der Waals surface area contributed by atoms with Crippen LogP contribution in [0, 0.1) is 11.8 Å². The lowest BCUT2D eigenvalue weighted by atomic mass is 9.80. The van der Waals surface area contributed by atoms with E-state index in [-0.39, 0.29) is 0 Å². The zero-order valence-corrected chi connectivity index (χ0v) is 12.5. The second-order valence-electron chi connectivity index (χ2n) is 6.12. The first-order valence-corrected chi connectivity index (χ1v) is 7.21. The number of anilines is 2. The van der Waals surface area contributed by atoms with Crippen LogP contribution in [0.3, 0.4) is 0 Å². The summed E-state index contributed by atoms with van der Waals surface area (Å²) >= 11 is 0. The summed E-state index contributed by atoms with van der Waals surface area (Å²) in [7, 11) is 4.05. The zero-order valence-electron chi connectivity index (χ0n) is 12.5. The molecule has 1 saturated carbocycles. The fourth-order valence-electron chi connectivity index (χ4n) is 2.69. The van der Waals surface area contributed by atoms with Crippen LogP contribution in [0.5, 0.6) is 5.75 Å². The number of ether oxygens (including phenoxy) is 1. The van der Waals surface area contributed by atoms with Gasteiger partial charge in [-0.15, -0.1) is 0 Å². The normalized spacial score (nSPS) is 27.1. The summed E-state index contributed by atoms with van der Waals surface area (Å²) < 4.78 is 6.14. The summed E-state index contributed by atoms with van der Waals surface area (Å²) in [6, 6.07) is 5.99. The molecule has 0 bridgehead atoms. The van der Waals surface area contributed by atoms with Gasteiger partial charge in [0.15, 0.2) is 0 Å². The van der Waals surface area contributed by atoms with Crippen LogP contribution in [0.25, 0.3) is 0 Å². The van der Waals surface area contributed by atoms with Gasteiger partial charge in [0.25, 0.3) is 0 Å². The highest BCUT2D eigenvalue weighted by molar-refractivity contribution is 5.61. The van der Waals surface area contributed by atoms with Gasteiger partial charge in [0.05, 0.1) is 11.8 Å². The Labute approximate surface area is 116 Å². The highest BCUT2D eigenvalue weighted by atomic mass is 16.5. The molecule has 0 heterocycles. The van der Waals surface area contributed by atoms with Crippen molar-refractivity contribution in [1.82, 2.24) is 0 Å². The van der Waals surface area contributed by atoms with E-state index in [0.29, 0.717) is 6.10 Å². The SMILES string of the molecule is CC1CCC(Oc2cc(N(C)C)ccc2N)CC1C. The molecule has 1 aliphatic carbocycles. The Kier molecular flexibility index (Phi) is 4.23. The smallest absolute Gasteiger partial charge is 0.144 e. The fraction of sp³-hybridized carbons (Fsp3) is 0.625. The molecule has 2 rings (SSSR count). The fourth-order valence-corrected chi connectivity index (χ4v) is 2.69. The molecule has 0 amide bonds. The van der Waals surface area contributed by atoms with E-state index < -0.39 is 0 Å². The highest BCUT2D eigenvalue weighted by Gasteiger charge is 2.26. The third-order valence-corrected chi connectivity index (χ3v) is 4.36. The lowest BCUT2D eigenvalue weighted by Gasteiger charge is -2.32. The Morgan fingerprint density at radius 1 is 1.16 bits per heavy atom. The zero-order chi connectivity index (χ0) is 14.0. The predicted molar refractivity (Wildman–Crippen MR) is 81.8 cm³/mol. The molecule has 3 atom stereocenters. The Morgan fingerprint density at radius 2 is 1.89 bits per heavy atom. The molecule has 1 aliphatic rings. The molecule has 3 heteroatoms. The second kappa shape index (κ2) is 5.72. The lowest BCUT2D eigenvalue weighted by molar-refractivity contribution is 0.101. The van der Waals surface area contributed by atoms with Gasteiger partial charge in [0.1, 0.15) is 5.75 Å². The molecule has 3 unspecified atom stereocenters. The summed E-state index contributed by atoms with van der Waals surface area (Å²) in [5.74, 6) is 2.38. The van der Waals surface area contributed by atoms with E-state index >= 15 is 0 Å². The standard InChI is InChI=1S/C16H26N2O/c1-11-5-7-14(9-12(11)2)19-16-10-13(18(3)4)6-8-15(16)17/h6,8,10-12,14H,5,7,9,17H2,1-4H3. The molecule has 0 aromatic heterocycles. The van der Waals surface area contributed by atoms with Crippen LogP contribution in [0.1, 0.15) is 33.1 Å². The van der Waals surface area contributed by atoms with Crippen LogP contribution >= 0.6 is 0 Å². The third-order valence-electron chi connectivity index (χ3n) is 4.36. The Balaban J connectivity index is 2.08. The van der Waals surface area contributed by atoms with Gasteiger partial charge in [-0.25, -0.2) is 0 Å². The van der Waals surface area contributed by atoms with Gasteiger partial charge in [-0.05, 0) is 43.2 Å². The summed E-state index contributed by atoms with van der Waals surface area (Å²) in [4.78, 5) is 2.07. The average molecular weight is 262 g/mol. The topological polar surface area (TPSA) is 38.5 Å². The maximum atomic E-state index is 6.14. The monoisotopic (exact) mass is 262 g/mol. The molecule has 2 N–H and O–H groups in total. The first kappa shape index (κ1) is 14.0. The van der Waals surface area contributed by atoms with Crippen LogP contribution < -0.4 is 15.4 Å². The van der Waals surface area contributed by atoms with Crippen molar-refractivity contribution in [2.75, 3.05) is 24.7 Å². The molecule has 106 valence electrons. The largest absolute Gasteiger partial charge is 0.488 e. The van der Waals surface area contributed by atoms with Crippen molar-refractivity contribution < 1.29 is 4.74 Å². The van der Waals surface area contributed by atoms with Crippen molar-refractivity contribution in [2.45, 2.75) is 39.2 Å². The number of nitrogen functional groups attached to an aromatic ring is 1. The van der Waals surface area contributed by atoms with Crippen molar-refractivity contribution in [3.8, 4) is 5.75 Å². The number of hydrogen-bond acceptors (Lipinski definition) is 3. The van der Waals surface area contributed by atoms with Crippen LogP contribution in [0.2, 0.25) is 0 Å². The molecule has 1 aromatic rings. The van der Waals surface area contributed by atoms with Crippen LogP contribution in [-0.4, -0.2) is 20.2 Å². The van der Waals surface area contributed by atoms with E-state index in [9.17, 15) is 0 Å². The Bertz CT molecular complexity index is 431. The molecule has 0 saturated heterocycles. The van der Waals surface area contributed by atoms with E-state index in [1.807, 2.05) is 32.3 Å². The summed E-state index contributed by atoms with van der Waals surface area (Å²) in [5.41, 5.74) is 7.88. The Morgan fingerprint density at radius 3 is 2.53 bits per heavy atom. The van der Waals surface area contributed by atoms with Crippen LogP contribution in [0.15, 0.2) is 18.2 Å². The highest BCUT2D eigenvalue weighted by Crippen LogP contribution is 2.34. The van der Waals surface area contributed by atoms with Crippen molar-refractivity contribution in [2.24, 2.45) is 11.8 Å². The molecular weight excluding hydrogens is 236 g/mol. The second-order valence-corrected chi connectivity index (χ2v) is 6.12. The predicted octanol–water partition coefficient (Wildman–Crippen LogP) is 3.54. The summed E-state index contributed by atoms with van der Waals surface area (Å²) in [6.07, 6.45) is 3.83. The number of benzene rings is 1. The van der Waals surface area contributed by atoms with Crippen molar-refractivity contribution >= 4 is 11.4 Å². The van der Waals surface area contributed by atoms with Crippen molar-refractivity contribution in [3.63, 3.8) is 0 Å². The molecule has 1 fully saturated rings. The molecular formula is C16H26N2O. The maximum Gasteiger partial charge on any atom is 0.144 e. The van der Waals surface area contributed by atoms with E-state index in [1.54, 1.807) is 0 Å². The van der Waals surface area contributed by atoms with E-state index in [1.165, 1.54) is 6.42 Å². The van der Waals surface area contributed by atoms with Gasteiger partial charge in [-0.1, -0.05) is 13.8 Å². The van der Waals surface area contributed by atoms with Gasteiger partial charge >= 0.3 is 0 Å². The summed E-state index contributed by atoms with van der Waals surface area (Å²) in [6.45, 7) is 4.65. The number of nitrogens with two attached hydrogens (primary N) is 1. The third kappa shape index (κ3) is 3.34. The van der Waals surface area contributed by atoms with Gasteiger partial charge in [-0.2, -0.15) is 0 Å². The number of nitrogens with zero attached hydrogens (tertiary/aromatic N) is 1. The van der Waals surface area contributed by atoms with Gasteiger partial charge in [0.2, 0.25) is 0 Å². The van der Waals surface area contributed by atoms with E-state index in [0.717, 1.165) is 41.8 Å². The molecule has 0 aliphatic heterocycles.